The first kappa shape index (κ1) is 11.8. The van der Waals surface area contributed by atoms with E-state index < -0.39 is 12.2 Å². The standard InChI is InChI=1S/C7H16O5/c1-5(3-8)7(9)6(12-10)4-11-2/h5-10H,3-4H2,1-2H3/t5?,6?,7-/m0/s1. The van der Waals surface area contributed by atoms with E-state index in [0.29, 0.717) is 0 Å². The van der Waals surface area contributed by atoms with Gasteiger partial charge < -0.3 is 14.9 Å². The third-order valence-electron chi connectivity index (χ3n) is 1.72. The molecule has 0 saturated heterocycles. The third kappa shape index (κ3) is 3.46. The number of aliphatic hydroxyl groups excluding tert-OH is 2. The van der Waals surface area contributed by atoms with Gasteiger partial charge in [0.1, 0.15) is 6.10 Å². The van der Waals surface area contributed by atoms with Gasteiger partial charge in [0, 0.05) is 19.6 Å². The molecule has 3 N–H and O–H groups in total. The highest BCUT2D eigenvalue weighted by atomic mass is 17.1. The first-order valence-corrected chi connectivity index (χ1v) is 3.75. The van der Waals surface area contributed by atoms with Crippen molar-refractivity contribution in [3.63, 3.8) is 0 Å². The van der Waals surface area contributed by atoms with Gasteiger partial charge in [-0.05, 0) is 0 Å². The van der Waals surface area contributed by atoms with Crippen LogP contribution in [0, 0.1) is 5.92 Å². The van der Waals surface area contributed by atoms with Crippen molar-refractivity contribution in [1.29, 1.82) is 0 Å². The number of hydrogen-bond acceptors (Lipinski definition) is 5. The molecule has 0 fully saturated rings. The van der Waals surface area contributed by atoms with Crippen LogP contribution in [0.5, 0.6) is 0 Å². The van der Waals surface area contributed by atoms with Crippen molar-refractivity contribution >= 4 is 0 Å². The van der Waals surface area contributed by atoms with Gasteiger partial charge in [-0.15, -0.1) is 0 Å². The van der Waals surface area contributed by atoms with Gasteiger partial charge in [-0.2, -0.15) is 0 Å². The minimum Gasteiger partial charge on any atom is -0.396 e. The van der Waals surface area contributed by atoms with Gasteiger partial charge in [0.05, 0.1) is 12.7 Å². The number of methoxy groups -OCH3 is 1. The largest absolute Gasteiger partial charge is 0.396 e. The molecule has 5 heteroatoms. The van der Waals surface area contributed by atoms with Crippen LogP contribution in [0.4, 0.5) is 0 Å². The smallest absolute Gasteiger partial charge is 0.142 e. The van der Waals surface area contributed by atoms with Crippen LogP contribution < -0.4 is 0 Å². The second-order valence-corrected chi connectivity index (χ2v) is 2.75. The summed E-state index contributed by atoms with van der Waals surface area (Å²) in [6, 6.07) is 0. The maximum absolute atomic E-state index is 9.38. The van der Waals surface area contributed by atoms with E-state index in [2.05, 4.69) is 9.62 Å². The molecular weight excluding hydrogens is 164 g/mol. The fourth-order valence-electron chi connectivity index (χ4n) is 0.830. The quantitative estimate of drug-likeness (QED) is 0.378. The Bertz CT molecular complexity index is 108. The molecule has 0 aliphatic rings. The van der Waals surface area contributed by atoms with E-state index in [0.717, 1.165) is 0 Å². The lowest BCUT2D eigenvalue weighted by Crippen LogP contribution is -2.38. The van der Waals surface area contributed by atoms with Crippen molar-refractivity contribution < 1.29 is 25.1 Å². The summed E-state index contributed by atoms with van der Waals surface area (Å²) in [5.74, 6) is -0.350. The fraction of sp³-hybridized carbons (Fsp3) is 1.00. The van der Waals surface area contributed by atoms with E-state index in [9.17, 15) is 5.11 Å². The molecular formula is C7H16O5. The summed E-state index contributed by atoms with van der Waals surface area (Å²) in [5.41, 5.74) is 0. The Hall–Kier alpha value is -0.200. The fourth-order valence-corrected chi connectivity index (χ4v) is 0.830. The highest BCUT2D eigenvalue weighted by Gasteiger charge is 2.25. The SMILES string of the molecule is COCC(OO)[C@@H](O)C(C)CO. The first-order valence-electron chi connectivity index (χ1n) is 3.75. The number of rotatable bonds is 6. The molecule has 12 heavy (non-hydrogen) atoms. The van der Waals surface area contributed by atoms with Crippen LogP contribution in [0.25, 0.3) is 0 Å². The lowest BCUT2D eigenvalue weighted by molar-refractivity contribution is -0.308. The van der Waals surface area contributed by atoms with Gasteiger partial charge in [0.2, 0.25) is 0 Å². The van der Waals surface area contributed by atoms with Crippen LogP contribution in [0.15, 0.2) is 0 Å². The Morgan fingerprint density at radius 2 is 2.00 bits per heavy atom. The van der Waals surface area contributed by atoms with E-state index in [-0.39, 0.29) is 19.1 Å². The zero-order chi connectivity index (χ0) is 9.56. The van der Waals surface area contributed by atoms with E-state index >= 15 is 0 Å². The van der Waals surface area contributed by atoms with Gasteiger partial charge in [0.25, 0.3) is 0 Å². The molecule has 0 heterocycles. The molecule has 0 saturated carbocycles. The second kappa shape index (κ2) is 6.33. The number of ether oxygens (including phenoxy) is 1. The van der Waals surface area contributed by atoms with E-state index in [1.165, 1.54) is 7.11 Å². The van der Waals surface area contributed by atoms with Crippen molar-refractivity contribution in [3.05, 3.63) is 0 Å². The van der Waals surface area contributed by atoms with Crippen molar-refractivity contribution in [2.24, 2.45) is 5.92 Å². The van der Waals surface area contributed by atoms with Crippen molar-refractivity contribution in [3.8, 4) is 0 Å². The molecule has 0 aromatic heterocycles. The highest BCUT2D eigenvalue weighted by Crippen LogP contribution is 2.09. The molecule has 3 atom stereocenters. The topological polar surface area (TPSA) is 79.2 Å². The summed E-state index contributed by atoms with van der Waals surface area (Å²) in [5, 5.41) is 26.4. The molecule has 0 spiro atoms. The Morgan fingerprint density at radius 3 is 2.33 bits per heavy atom. The van der Waals surface area contributed by atoms with Gasteiger partial charge in [-0.3, -0.25) is 5.26 Å². The molecule has 74 valence electrons. The predicted molar refractivity (Wildman–Crippen MR) is 41.6 cm³/mol. The van der Waals surface area contributed by atoms with Crippen LogP contribution in [0.2, 0.25) is 0 Å². The lowest BCUT2D eigenvalue weighted by atomic mass is 10.0. The average Bonchev–Trinajstić information content (AvgIpc) is 2.11. The van der Waals surface area contributed by atoms with Crippen LogP contribution in [0.1, 0.15) is 6.92 Å². The summed E-state index contributed by atoms with van der Waals surface area (Å²) in [6.45, 7) is 1.57. The minimum absolute atomic E-state index is 0.0853. The minimum atomic E-state index is -0.931. The number of aliphatic hydroxyl groups is 2. The maximum atomic E-state index is 9.38. The Balaban J connectivity index is 3.91. The molecule has 5 nitrogen and oxygen atoms in total. The predicted octanol–water partition coefficient (Wildman–Crippen LogP) is -0.520. The van der Waals surface area contributed by atoms with Crippen LogP contribution >= 0.6 is 0 Å². The second-order valence-electron chi connectivity index (χ2n) is 2.75. The monoisotopic (exact) mass is 180 g/mol. The third-order valence-corrected chi connectivity index (χ3v) is 1.72. The van der Waals surface area contributed by atoms with Crippen LogP contribution in [-0.4, -0.2) is 48.0 Å². The summed E-state index contributed by atoms with van der Waals surface area (Å²) in [4.78, 5) is 3.99. The van der Waals surface area contributed by atoms with Gasteiger partial charge in [0.15, 0.2) is 0 Å². The average molecular weight is 180 g/mol. The molecule has 0 amide bonds. The summed E-state index contributed by atoms with van der Waals surface area (Å²) >= 11 is 0. The molecule has 2 unspecified atom stereocenters. The highest BCUT2D eigenvalue weighted by molar-refractivity contribution is 4.72. The molecule has 0 aliphatic carbocycles. The van der Waals surface area contributed by atoms with Gasteiger partial charge >= 0.3 is 0 Å². The molecule has 0 radical (unpaired) electrons. The molecule has 0 aliphatic heterocycles. The first-order chi connectivity index (χ1) is 5.67. The Kier molecular flexibility index (Phi) is 6.23. The Labute approximate surface area is 71.5 Å². The maximum Gasteiger partial charge on any atom is 0.142 e. The van der Waals surface area contributed by atoms with Crippen LogP contribution in [0.3, 0.4) is 0 Å². The van der Waals surface area contributed by atoms with E-state index in [1.807, 2.05) is 0 Å². The summed E-state index contributed by atoms with van der Waals surface area (Å²) in [7, 11) is 1.43. The zero-order valence-electron chi connectivity index (χ0n) is 7.30. The Morgan fingerprint density at radius 1 is 1.42 bits per heavy atom. The van der Waals surface area contributed by atoms with Crippen LogP contribution in [-0.2, 0) is 9.62 Å². The van der Waals surface area contributed by atoms with Crippen molar-refractivity contribution in [1.82, 2.24) is 0 Å². The van der Waals surface area contributed by atoms with E-state index in [4.69, 9.17) is 10.4 Å². The van der Waals surface area contributed by atoms with Gasteiger partial charge in [-0.25, -0.2) is 4.89 Å². The van der Waals surface area contributed by atoms with E-state index in [1.54, 1.807) is 6.92 Å². The van der Waals surface area contributed by atoms with Crippen molar-refractivity contribution in [2.75, 3.05) is 20.3 Å². The zero-order valence-corrected chi connectivity index (χ0v) is 7.30. The lowest BCUT2D eigenvalue weighted by Gasteiger charge is -2.23. The molecule has 0 aromatic rings. The number of hydrogen-bond donors (Lipinski definition) is 3. The summed E-state index contributed by atoms with van der Waals surface area (Å²) in [6.07, 6.45) is -1.74. The molecule has 0 bridgehead atoms. The molecule has 0 rings (SSSR count). The molecule has 0 aromatic carbocycles. The normalized spacial score (nSPS) is 18.8. The van der Waals surface area contributed by atoms with Crippen molar-refractivity contribution in [2.45, 2.75) is 19.1 Å². The summed E-state index contributed by atoms with van der Waals surface area (Å²) < 4.78 is 4.68. The van der Waals surface area contributed by atoms with Gasteiger partial charge in [-0.1, -0.05) is 6.92 Å².